The molecule has 0 amide bonds. The summed E-state index contributed by atoms with van der Waals surface area (Å²) in [7, 11) is 0. The summed E-state index contributed by atoms with van der Waals surface area (Å²) in [5.74, 6) is -0.722. The maximum absolute atomic E-state index is 11.9. The van der Waals surface area contributed by atoms with E-state index in [-0.39, 0.29) is 11.1 Å². The molecular formula is C9H5F3N2O3. The van der Waals surface area contributed by atoms with E-state index in [2.05, 4.69) is 4.74 Å². The van der Waals surface area contributed by atoms with Crippen LogP contribution in [0.25, 0.3) is 0 Å². The first-order valence-corrected chi connectivity index (χ1v) is 4.19. The number of nitro groups is 1. The van der Waals surface area contributed by atoms with Crippen molar-refractivity contribution in [1.29, 1.82) is 5.26 Å². The zero-order valence-electron chi connectivity index (χ0n) is 8.41. The molecule has 1 aromatic rings. The lowest BCUT2D eigenvalue weighted by Crippen LogP contribution is -2.17. The van der Waals surface area contributed by atoms with Gasteiger partial charge in [-0.05, 0) is 18.6 Å². The lowest BCUT2D eigenvalue weighted by Gasteiger charge is -2.09. The maximum atomic E-state index is 11.9. The van der Waals surface area contributed by atoms with Gasteiger partial charge in [0.15, 0.2) is 0 Å². The molecule has 0 N–H and O–H groups in total. The Labute approximate surface area is 93.2 Å². The zero-order valence-corrected chi connectivity index (χ0v) is 8.41. The van der Waals surface area contributed by atoms with Crippen molar-refractivity contribution in [3.63, 3.8) is 0 Å². The molecule has 0 aliphatic heterocycles. The zero-order chi connectivity index (χ0) is 13.2. The van der Waals surface area contributed by atoms with Gasteiger partial charge in [0.25, 0.3) is 5.69 Å². The summed E-state index contributed by atoms with van der Waals surface area (Å²) in [5.41, 5.74) is -0.961. The molecule has 0 heterocycles. The number of aryl methyl sites for hydroxylation is 1. The Hall–Kier alpha value is -2.30. The second kappa shape index (κ2) is 4.29. The van der Waals surface area contributed by atoms with Gasteiger partial charge in [-0.1, -0.05) is 0 Å². The van der Waals surface area contributed by atoms with Crippen LogP contribution in [0.3, 0.4) is 0 Å². The van der Waals surface area contributed by atoms with Crippen LogP contribution in [0.2, 0.25) is 0 Å². The number of hydrogen-bond acceptors (Lipinski definition) is 4. The molecule has 1 aromatic carbocycles. The molecule has 90 valence electrons. The average Bonchev–Trinajstić information content (AvgIpc) is 2.13. The second-order valence-electron chi connectivity index (χ2n) is 3.05. The van der Waals surface area contributed by atoms with Gasteiger partial charge < -0.3 is 4.74 Å². The molecule has 8 heteroatoms. The van der Waals surface area contributed by atoms with Crippen LogP contribution >= 0.6 is 0 Å². The van der Waals surface area contributed by atoms with Crippen molar-refractivity contribution in [1.82, 2.24) is 0 Å². The first kappa shape index (κ1) is 12.8. The van der Waals surface area contributed by atoms with E-state index >= 15 is 0 Å². The number of benzene rings is 1. The summed E-state index contributed by atoms with van der Waals surface area (Å²) in [5, 5.41) is 19.2. The second-order valence-corrected chi connectivity index (χ2v) is 3.05. The Kier molecular flexibility index (Phi) is 3.22. The average molecular weight is 246 g/mol. The van der Waals surface area contributed by atoms with Crippen molar-refractivity contribution in [2.24, 2.45) is 0 Å². The van der Waals surface area contributed by atoms with Crippen LogP contribution in [0.5, 0.6) is 5.75 Å². The number of hydrogen-bond donors (Lipinski definition) is 0. The molecule has 0 saturated heterocycles. The smallest absolute Gasteiger partial charge is 0.406 e. The van der Waals surface area contributed by atoms with Crippen molar-refractivity contribution in [2.45, 2.75) is 13.3 Å². The fourth-order valence-corrected chi connectivity index (χ4v) is 1.22. The van der Waals surface area contributed by atoms with Crippen molar-refractivity contribution in [3.05, 3.63) is 33.4 Å². The van der Waals surface area contributed by atoms with Crippen LogP contribution in [-0.2, 0) is 0 Å². The molecule has 0 bridgehead atoms. The Balaban J connectivity index is 3.31. The predicted molar refractivity (Wildman–Crippen MR) is 49.2 cm³/mol. The molecule has 0 aromatic heterocycles. The van der Waals surface area contributed by atoms with Crippen molar-refractivity contribution >= 4 is 5.69 Å². The molecule has 0 saturated carbocycles. The molecular weight excluding hydrogens is 241 g/mol. The molecule has 0 spiro atoms. The van der Waals surface area contributed by atoms with Gasteiger partial charge in [-0.2, -0.15) is 5.26 Å². The van der Waals surface area contributed by atoms with Gasteiger partial charge in [0, 0.05) is 0 Å². The lowest BCUT2D eigenvalue weighted by molar-refractivity contribution is -0.385. The fraction of sp³-hybridized carbons (Fsp3) is 0.222. The van der Waals surface area contributed by atoms with E-state index in [1.807, 2.05) is 0 Å². The monoisotopic (exact) mass is 246 g/mol. The summed E-state index contributed by atoms with van der Waals surface area (Å²) < 4.78 is 39.4. The predicted octanol–water partition coefficient (Wildman–Crippen LogP) is 2.67. The van der Waals surface area contributed by atoms with Crippen molar-refractivity contribution in [2.75, 3.05) is 0 Å². The minimum absolute atomic E-state index is 0.0425. The molecule has 0 unspecified atom stereocenters. The highest BCUT2D eigenvalue weighted by Crippen LogP contribution is 2.31. The Morgan fingerprint density at radius 1 is 1.47 bits per heavy atom. The summed E-state index contributed by atoms with van der Waals surface area (Å²) >= 11 is 0. The van der Waals surface area contributed by atoms with Crippen molar-refractivity contribution in [3.8, 4) is 11.8 Å². The van der Waals surface area contributed by atoms with Gasteiger partial charge >= 0.3 is 6.36 Å². The van der Waals surface area contributed by atoms with Crippen LogP contribution in [0.1, 0.15) is 11.1 Å². The van der Waals surface area contributed by atoms with Crippen LogP contribution < -0.4 is 4.74 Å². The molecule has 0 aliphatic rings. The third-order valence-electron chi connectivity index (χ3n) is 1.83. The highest BCUT2D eigenvalue weighted by Gasteiger charge is 2.32. The van der Waals surface area contributed by atoms with Gasteiger partial charge in [-0.3, -0.25) is 10.1 Å². The molecule has 1 rings (SSSR count). The van der Waals surface area contributed by atoms with E-state index in [1.165, 1.54) is 6.92 Å². The van der Waals surface area contributed by atoms with Crippen LogP contribution in [0.15, 0.2) is 12.1 Å². The first-order chi connectivity index (χ1) is 7.74. The number of halogens is 3. The number of nitro benzene ring substituents is 1. The normalized spacial score (nSPS) is 10.8. The number of nitrogens with zero attached hydrogens (tertiary/aromatic N) is 2. The summed E-state index contributed by atoms with van der Waals surface area (Å²) in [6.45, 7) is 1.29. The van der Waals surface area contributed by atoms with E-state index < -0.39 is 22.7 Å². The SMILES string of the molecule is Cc1cc(OC(F)(F)F)cc([N+](=O)[O-])c1C#N. The van der Waals surface area contributed by atoms with E-state index in [4.69, 9.17) is 5.26 Å². The largest absolute Gasteiger partial charge is 0.573 e. The molecule has 0 atom stereocenters. The van der Waals surface area contributed by atoms with Crippen LogP contribution in [0, 0.1) is 28.4 Å². The summed E-state index contributed by atoms with van der Waals surface area (Å²) in [4.78, 5) is 9.63. The number of nitriles is 1. The lowest BCUT2D eigenvalue weighted by atomic mass is 10.1. The number of rotatable bonds is 2. The Morgan fingerprint density at radius 3 is 2.47 bits per heavy atom. The highest BCUT2D eigenvalue weighted by molar-refractivity contribution is 5.56. The Bertz CT molecular complexity index is 505. The quantitative estimate of drug-likeness (QED) is 0.593. The minimum Gasteiger partial charge on any atom is -0.406 e. The third kappa shape index (κ3) is 3.07. The molecule has 0 fully saturated rings. The van der Waals surface area contributed by atoms with E-state index in [9.17, 15) is 23.3 Å². The number of alkyl halides is 3. The first-order valence-electron chi connectivity index (χ1n) is 4.19. The van der Waals surface area contributed by atoms with Gasteiger partial charge in [0.05, 0.1) is 11.0 Å². The van der Waals surface area contributed by atoms with Crippen LogP contribution in [-0.4, -0.2) is 11.3 Å². The molecule has 5 nitrogen and oxygen atoms in total. The van der Waals surface area contributed by atoms with E-state index in [1.54, 1.807) is 6.07 Å². The minimum atomic E-state index is -4.94. The van der Waals surface area contributed by atoms with Gasteiger partial charge in [0.2, 0.25) is 0 Å². The standard InChI is InChI=1S/C9H5F3N2O3/c1-5-2-6(17-9(10,11)12)3-8(14(15)16)7(5)4-13/h2-3H,1H3. The van der Waals surface area contributed by atoms with E-state index in [0.717, 1.165) is 6.07 Å². The van der Waals surface area contributed by atoms with E-state index in [0.29, 0.717) is 6.07 Å². The van der Waals surface area contributed by atoms with Crippen LogP contribution in [0.4, 0.5) is 18.9 Å². The van der Waals surface area contributed by atoms with Gasteiger partial charge in [0.1, 0.15) is 17.4 Å². The number of ether oxygens (including phenoxy) is 1. The molecule has 0 radical (unpaired) electrons. The topological polar surface area (TPSA) is 76.2 Å². The van der Waals surface area contributed by atoms with Crippen molar-refractivity contribution < 1.29 is 22.8 Å². The third-order valence-corrected chi connectivity index (χ3v) is 1.83. The van der Waals surface area contributed by atoms with Gasteiger partial charge in [-0.25, -0.2) is 0 Å². The highest BCUT2D eigenvalue weighted by atomic mass is 19.4. The Morgan fingerprint density at radius 2 is 2.06 bits per heavy atom. The molecule has 0 aliphatic carbocycles. The fourth-order valence-electron chi connectivity index (χ4n) is 1.22. The molecule has 17 heavy (non-hydrogen) atoms. The maximum Gasteiger partial charge on any atom is 0.573 e. The van der Waals surface area contributed by atoms with Gasteiger partial charge in [-0.15, -0.1) is 13.2 Å². The summed E-state index contributed by atoms with van der Waals surface area (Å²) in [6.07, 6.45) is -4.94. The summed E-state index contributed by atoms with van der Waals surface area (Å²) in [6, 6.07) is 3.04.